The van der Waals surface area contributed by atoms with Crippen LogP contribution in [0, 0.1) is 17.3 Å². The van der Waals surface area contributed by atoms with Gasteiger partial charge >= 0.3 is 0 Å². The second kappa shape index (κ2) is 6.58. The van der Waals surface area contributed by atoms with Gasteiger partial charge in [-0.15, -0.1) is 0 Å². The third-order valence-electron chi connectivity index (χ3n) is 5.14. The predicted molar refractivity (Wildman–Crippen MR) is 83.4 cm³/mol. The van der Waals surface area contributed by atoms with Gasteiger partial charge in [0, 0.05) is 19.1 Å². The molecule has 0 saturated heterocycles. The topological polar surface area (TPSA) is 15.3 Å². The molecule has 2 rings (SSSR count). The van der Waals surface area contributed by atoms with E-state index in [1.165, 1.54) is 58.2 Å². The van der Waals surface area contributed by atoms with Crippen molar-refractivity contribution in [2.45, 2.75) is 65.3 Å². The highest BCUT2D eigenvalue weighted by molar-refractivity contribution is 4.92. The molecule has 2 heteroatoms. The summed E-state index contributed by atoms with van der Waals surface area (Å²) in [5.74, 6) is 1.71. The van der Waals surface area contributed by atoms with Crippen LogP contribution in [-0.4, -0.2) is 37.6 Å². The highest BCUT2D eigenvalue weighted by Gasteiger charge is 2.38. The van der Waals surface area contributed by atoms with Crippen molar-refractivity contribution >= 4 is 0 Å². The highest BCUT2D eigenvalue weighted by Crippen LogP contribution is 2.40. The molecule has 0 unspecified atom stereocenters. The van der Waals surface area contributed by atoms with E-state index in [0.29, 0.717) is 5.41 Å². The SMILES string of the molecule is CC(C)CNCC1(CN(C)C2CC2)CCC(C)CC1. The molecule has 0 aliphatic heterocycles. The molecule has 0 atom stereocenters. The molecule has 2 nitrogen and oxygen atoms in total. The Labute approximate surface area is 120 Å². The van der Waals surface area contributed by atoms with Crippen molar-refractivity contribution in [3.8, 4) is 0 Å². The Morgan fingerprint density at radius 2 is 1.79 bits per heavy atom. The Hall–Kier alpha value is -0.0800. The van der Waals surface area contributed by atoms with Gasteiger partial charge in [-0.3, -0.25) is 0 Å². The summed E-state index contributed by atoms with van der Waals surface area (Å²) >= 11 is 0. The standard InChI is InChI=1S/C17H34N2/c1-14(2)11-18-12-17(9-7-15(3)8-10-17)13-19(4)16-5-6-16/h14-16,18H,5-13H2,1-4H3. The summed E-state index contributed by atoms with van der Waals surface area (Å²) < 4.78 is 0. The maximum atomic E-state index is 3.75. The molecule has 19 heavy (non-hydrogen) atoms. The molecule has 0 aromatic heterocycles. The van der Waals surface area contributed by atoms with E-state index in [-0.39, 0.29) is 0 Å². The van der Waals surface area contributed by atoms with Crippen molar-refractivity contribution in [1.82, 2.24) is 10.2 Å². The number of rotatable bonds is 7. The number of nitrogens with zero attached hydrogens (tertiary/aromatic N) is 1. The molecule has 2 aliphatic carbocycles. The van der Waals surface area contributed by atoms with Crippen molar-refractivity contribution in [2.75, 3.05) is 26.7 Å². The molecule has 0 heterocycles. The summed E-state index contributed by atoms with van der Waals surface area (Å²) in [6.07, 6.45) is 8.58. The molecule has 2 fully saturated rings. The minimum absolute atomic E-state index is 0.554. The summed E-state index contributed by atoms with van der Waals surface area (Å²) in [5.41, 5.74) is 0.554. The van der Waals surface area contributed by atoms with Crippen molar-refractivity contribution in [3.05, 3.63) is 0 Å². The van der Waals surface area contributed by atoms with E-state index in [1.807, 2.05) is 0 Å². The van der Waals surface area contributed by atoms with E-state index in [0.717, 1.165) is 17.9 Å². The van der Waals surface area contributed by atoms with Gasteiger partial charge in [-0.25, -0.2) is 0 Å². The van der Waals surface area contributed by atoms with Gasteiger partial charge in [-0.1, -0.05) is 33.6 Å². The lowest BCUT2D eigenvalue weighted by atomic mass is 9.70. The summed E-state index contributed by atoms with van der Waals surface area (Å²) in [5, 5.41) is 3.75. The molecule has 0 radical (unpaired) electrons. The molecule has 0 spiro atoms. The van der Waals surface area contributed by atoms with Gasteiger partial charge in [0.2, 0.25) is 0 Å². The molecule has 2 aliphatic rings. The molecule has 0 amide bonds. The van der Waals surface area contributed by atoms with Crippen molar-refractivity contribution in [3.63, 3.8) is 0 Å². The van der Waals surface area contributed by atoms with E-state index < -0.39 is 0 Å². The number of nitrogens with one attached hydrogen (secondary N) is 1. The van der Waals surface area contributed by atoms with Gasteiger partial charge in [-0.05, 0) is 56.5 Å². The summed E-state index contributed by atoms with van der Waals surface area (Å²) in [4.78, 5) is 2.65. The average Bonchev–Trinajstić information content (AvgIpc) is 3.16. The monoisotopic (exact) mass is 266 g/mol. The van der Waals surface area contributed by atoms with Gasteiger partial charge < -0.3 is 10.2 Å². The van der Waals surface area contributed by atoms with E-state index in [2.05, 4.69) is 38.0 Å². The van der Waals surface area contributed by atoms with Gasteiger partial charge in [0.1, 0.15) is 0 Å². The predicted octanol–water partition coefficient (Wildman–Crippen LogP) is 3.52. The minimum Gasteiger partial charge on any atom is -0.316 e. The van der Waals surface area contributed by atoms with Gasteiger partial charge in [0.15, 0.2) is 0 Å². The maximum Gasteiger partial charge on any atom is 0.00936 e. The number of hydrogen-bond donors (Lipinski definition) is 1. The van der Waals surface area contributed by atoms with Gasteiger partial charge in [-0.2, -0.15) is 0 Å². The van der Waals surface area contributed by atoms with Crippen LogP contribution in [0.3, 0.4) is 0 Å². The second-order valence-electron chi connectivity index (χ2n) is 7.85. The van der Waals surface area contributed by atoms with Gasteiger partial charge in [0.25, 0.3) is 0 Å². The van der Waals surface area contributed by atoms with Crippen LogP contribution in [0.1, 0.15) is 59.3 Å². The number of hydrogen-bond acceptors (Lipinski definition) is 2. The fourth-order valence-electron chi connectivity index (χ4n) is 3.56. The van der Waals surface area contributed by atoms with Crippen molar-refractivity contribution in [2.24, 2.45) is 17.3 Å². The molecule has 2 saturated carbocycles. The largest absolute Gasteiger partial charge is 0.316 e. The highest BCUT2D eigenvalue weighted by atomic mass is 15.2. The molecule has 0 bridgehead atoms. The summed E-state index contributed by atoms with van der Waals surface area (Å²) in [7, 11) is 2.35. The summed E-state index contributed by atoms with van der Waals surface area (Å²) in [6, 6.07) is 0.904. The Balaban J connectivity index is 1.87. The van der Waals surface area contributed by atoms with Crippen molar-refractivity contribution < 1.29 is 0 Å². The van der Waals surface area contributed by atoms with Crippen LogP contribution < -0.4 is 5.32 Å². The van der Waals surface area contributed by atoms with E-state index in [1.54, 1.807) is 0 Å². The average molecular weight is 266 g/mol. The molecule has 112 valence electrons. The quantitative estimate of drug-likeness (QED) is 0.758. The molecular formula is C17H34N2. The van der Waals surface area contributed by atoms with E-state index >= 15 is 0 Å². The Kier molecular flexibility index (Phi) is 5.30. The Morgan fingerprint density at radius 3 is 2.32 bits per heavy atom. The van der Waals surface area contributed by atoms with Crippen LogP contribution in [0.2, 0.25) is 0 Å². The molecular weight excluding hydrogens is 232 g/mol. The van der Waals surface area contributed by atoms with Gasteiger partial charge in [0.05, 0.1) is 0 Å². The van der Waals surface area contributed by atoms with Crippen LogP contribution in [0.5, 0.6) is 0 Å². The zero-order valence-corrected chi connectivity index (χ0v) is 13.5. The van der Waals surface area contributed by atoms with Crippen molar-refractivity contribution in [1.29, 1.82) is 0 Å². The first kappa shape index (κ1) is 15.3. The first-order chi connectivity index (χ1) is 9.01. The lowest BCUT2D eigenvalue weighted by Crippen LogP contribution is -2.46. The first-order valence-corrected chi connectivity index (χ1v) is 8.42. The zero-order valence-electron chi connectivity index (χ0n) is 13.5. The van der Waals surface area contributed by atoms with Crippen LogP contribution in [0.4, 0.5) is 0 Å². The van der Waals surface area contributed by atoms with E-state index in [9.17, 15) is 0 Å². The Bertz CT molecular complexity index is 262. The third-order valence-corrected chi connectivity index (χ3v) is 5.14. The normalized spacial score (nSPS) is 32.2. The van der Waals surface area contributed by atoms with Crippen LogP contribution in [0.15, 0.2) is 0 Å². The Morgan fingerprint density at radius 1 is 1.16 bits per heavy atom. The van der Waals surface area contributed by atoms with Crippen LogP contribution >= 0.6 is 0 Å². The van der Waals surface area contributed by atoms with Crippen LogP contribution in [-0.2, 0) is 0 Å². The molecule has 1 N–H and O–H groups in total. The fraction of sp³-hybridized carbons (Fsp3) is 1.00. The first-order valence-electron chi connectivity index (χ1n) is 8.42. The fourth-order valence-corrected chi connectivity index (χ4v) is 3.56. The maximum absolute atomic E-state index is 3.75. The minimum atomic E-state index is 0.554. The summed E-state index contributed by atoms with van der Waals surface area (Å²) in [6.45, 7) is 10.8. The molecule has 0 aromatic rings. The van der Waals surface area contributed by atoms with Crippen LogP contribution in [0.25, 0.3) is 0 Å². The lowest BCUT2D eigenvalue weighted by molar-refractivity contribution is 0.0948. The second-order valence-corrected chi connectivity index (χ2v) is 7.85. The zero-order chi connectivity index (χ0) is 13.9. The molecule has 0 aromatic carbocycles. The third kappa shape index (κ3) is 4.75. The van der Waals surface area contributed by atoms with E-state index in [4.69, 9.17) is 0 Å². The lowest BCUT2D eigenvalue weighted by Gasteiger charge is -2.42. The smallest absolute Gasteiger partial charge is 0.00936 e.